The number of ether oxygens (including phenoxy) is 1. The molecule has 1 aromatic heterocycles. The summed E-state index contributed by atoms with van der Waals surface area (Å²) < 4.78 is 5.16. The molecule has 0 aliphatic heterocycles. The SMILES string of the molecule is COc1ccc(-c2ccccn2)cc1NN. The van der Waals surface area contributed by atoms with Gasteiger partial charge in [0, 0.05) is 11.8 Å². The fraction of sp³-hybridized carbons (Fsp3) is 0.0833. The maximum absolute atomic E-state index is 5.42. The van der Waals surface area contributed by atoms with Gasteiger partial charge in [-0.25, -0.2) is 0 Å². The van der Waals surface area contributed by atoms with Gasteiger partial charge in [0.25, 0.3) is 0 Å². The van der Waals surface area contributed by atoms with Crippen molar-refractivity contribution in [1.82, 2.24) is 4.98 Å². The molecular formula is C12H13N3O. The van der Waals surface area contributed by atoms with Crippen molar-refractivity contribution >= 4 is 5.69 Å². The van der Waals surface area contributed by atoms with E-state index in [4.69, 9.17) is 10.6 Å². The molecule has 2 rings (SSSR count). The van der Waals surface area contributed by atoms with Crippen molar-refractivity contribution in [1.29, 1.82) is 0 Å². The summed E-state index contributed by atoms with van der Waals surface area (Å²) in [5, 5.41) is 0. The zero-order valence-corrected chi connectivity index (χ0v) is 8.97. The molecule has 0 saturated carbocycles. The van der Waals surface area contributed by atoms with Crippen LogP contribution >= 0.6 is 0 Å². The van der Waals surface area contributed by atoms with Gasteiger partial charge in [-0.05, 0) is 30.3 Å². The highest BCUT2D eigenvalue weighted by atomic mass is 16.5. The third-order valence-corrected chi connectivity index (χ3v) is 2.32. The van der Waals surface area contributed by atoms with Gasteiger partial charge in [-0.3, -0.25) is 10.8 Å². The predicted molar refractivity (Wildman–Crippen MR) is 64.0 cm³/mol. The van der Waals surface area contributed by atoms with Crippen LogP contribution in [-0.4, -0.2) is 12.1 Å². The number of hydrogen-bond donors (Lipinski definition) is 2. The van der Waals surface area contributed by atoms with Gasteiger partial charge in [0.2, 0.25) is 0 Å². The third kappa shape index (κ3) is 1.97. The van der Waals surface area contributed by atoms with Crippen molar-refractivity contribution in [2.45, 2.75) is 0 Å². The highest BCUT2D eigenvalue weighted by Gasteiger charge is 2.04. The predicted octanol–water partition coefficient (Wildman–Crippen LogP) is 2.04. The first-order chi connectivity index (χ1) is 7.85. The number of nitrogens with one attached hydrogen (secondary N) is 1. The number of hydrogen-bond acceptors (Lipinski definition) is 4. The average Bonchev–Trinajstić information content (AvgIpc) is 2.39. The smallest absolute Gasteiger partial charge is 0.143 e. The Morgan fingerprint density at radius 2 is 2.12 bits per heavy atom. The summed E-state index contributed by atoms with van der Waals surface area (Å²) in [6.07, 6.45) is 1.76. The second-order valence-electron chi connectivity index (χ2n) is 3.27. The summed E-state index contributed by atoms with van der Waals surface area (Å²) in [6.45, 7) is 0. The summed E-state index contributed by atoms with van der Waals surface area (Å²) in [4.78, 5) is 4.27. The molecule has 0 spiro atoms. The molecule has 16 heavy (non-hydrogen) atoms. The van der Waals surface area contributed by atoms with E-state index in [-0.39, 0.29) is 0 Å². The highest BCUT2D eigenvalue weighted by Crippen LogP contribution is 2.28. The van der Waals surface area contributed by atoms with E-state index in [0.717, 1.165) is 16.9 Å². The number of anilines is 1. The normalized spacial score (nSPS) is 9.88. The van der Waals surface area contributed by atoms with Gasteiger partial charge in [-0.1, -0.05) is 6.07 Å². The largest absolute Gasteiger partial charge is 0.495 e. The summed E-state index contributed by atoms with van der Waals surface area (Å²) in [6, 6.07) is 11.5. The second kappa shape index (κ2) is 4.63. The molecule has 0 radical (unpaired) electrons. The van der Waals surface area contributed by atoms with Crippen LogP contribution in [-0.2, 0) is 0 Å². The van der Waals surface area contributed by atoms with Crippen LogP contribution in [0.4, 0.5) is 5.69 Å². The van der Waals surface area contributed by atoms with Gasteiger partial charge in [-0.2, -0.15) is 0 Å². The standard InChI is InChI=1S/C12H13N3O/c1-16-12-6-5-9(8-11(12)15-13)10-4-2-3-7-14-10/h2-8,15H,13H2,1H3. The van der Waals surface area contributed by atoms with Crippen LogP contribution in [0.25, 0.3) is 11.3 Å². The lowest BCUT2D eigenvalue weighted by Gasteiger charge is -2.09. The van der Waals surface area contributed by atoms with Crippen LogP contribution in [0.15, 0.2) is 42.6 Å². The topological polar surface area (TPSA) is 60.2 Å². The zero-order chi connectivity index (χ0) is 11.4. The van der Waals surface area contributed by atoms with Crippen molar-refractivity contribution in [2.75, 3.05) is 12.5 Å². The number of nitrogen functional groups attached to an aromatic ring is 1. The van der Waals surface area contributed by atoms with E-state index >= 15 is 0 Å². The molecule has 0 aliphatic carbocycles. The van der Waals surface area contributed by atoms with E-state index in [1.165, 1.54) is 0 Å². The van der Waals surface area contributed by atoms with Gasteiger partial charge in [0.15, 0.2) is 0 Å². The van der Waals surface area contributed by atoms with Crippen LogP contribution in [0.5, 0.6) is 5.75 Å². The lowest BCUT2D eigenvalue weighted by Crippen LogP contribution is -2.08. The van der Waals surface area contributed by atoms with Crippen molar-refractivity contribution in [3.05, 3.63) is 42.6 Å². The maximum atomic E-state index is 5.42. The fourth-order valence-corrected chi connectivity index (χ4v) is 1.51. The molecule has 0 atom stereocenters. The summed E-state index contributed by atoms with van der Waals surface area (Å²) >= 11 is 0. The molecule has 82 valence electrons. The number of nitrogens with zero attached hydrogens (tertiary/aromatic N) is 1. The van der Waals surface area contributed by atoms with E-state index < -0.39 is 0 Å². The second-order valence-corrected chi connectivity index (χ2v) is 3.27. The molecule has 0 aliphatic rings. The number of nitrogens with two attached hydrogens (primary N) is 1. The highest BCUT2D eigenvalue weighted by molar-refractivity contribution is 5.69. The molecule has 0 fully saturated rings. The Morgan fingerprint density at radius 1 is 1.25 bits per heavy atom. The molecule has 1 heterocycles. The summed E-state index contributed by atoms with van der Waals surface area (Å²) in [5.41, 5.74) is 5.24. The van der Waals surface area contributed by atoms with Crippen molar-refractivity contribution in [3.63, 3.8) is 0 Å². The van der Waals surface area contributed by atoms with E-state index in [1.54, 1.807) is 13.3 Å². The number of rotatable bonds is 3. The molecule has 2 aromatic rings. The molecule has 1 aromatic carbocycles. The molecule has 0 bridgehead atoms. The average molecular weight is 215 g/mol. The van der Waals surface area contributed by atoms with Crippen molar-refractivity contribution in [3.8, 4) is 17.0 Å². The molecule has 4 heteroatoms. The van der Waals surface area contributed by atoms with Gasteiger partial charge in [0.1, 0.15) is 5.75 Å². The Morgan fingerprint density at radius 3 is 2.75 bits per heavy atom. The number of hydrazine groups is 1. The van der Waals surface area contributed by atoms with E-state index in [9.17, 15) is 0 Å². The number of pyridine rings is 1. The zero-order valence-electron chi connectivity index (χ0n) is 8.97. The Kier molecular flexibility index (Phi) is 3.03. The molecular weight excluding hydrogens is 202 g/mol. The fourth-order valence-electron chi connectivity index (χ4n) is 1.51. The first-order valence-corrected chi connectivity index (χ1v) is 4.91. The number of benzene rings is 1. The molecule has 0 unspecified atom stereocenters. The number of methoxy groups -OCH3 is 1. The first-order valence-electron chi connectivity index (χ1n) is 4.91. The lowest BCUT2D eigenvalue weighted by molar-refractivity contribution is 0.416. The van der Waals surface area contributed by atoms with Gasteiger partial charge in [0.05, 0.1) is 18.5 Å². The lowest BCUT2D eigenvalue weighted by atomic mass is 10.1. The van der Waals surface area contributed by atoms with Gasteiger partial charge < -0.3 is 10.2 Å². The van der Waals surface area contributed by atoms with Crippen molar-refractivity contribution < 1.29 is 4.74 Å². The van der Waals surface area contributed by atoms with Crippen LogP contribution in [0, 0.1) is 0 Å². The number of aromatic nitrogens is 1. The van der Waals surface area contributed by atoms with Crippen LogP contribution in [0.1, 0.15) is 0 Å². The maximum Gasteiger partial charge on any atom is 0.143 e. The van der Waals surface area contributed by atoms with E-state index in [2.05, 4.69) is 10.4 Å². The van der Waals surface area contributed by atoms with Crippen molar-refractivity contribution in [2.24, 2.45) is 5.84 Å². The Balaban J connectivity index is 2.44. The summed E-state index contributed by atoms with van der Waals surface area (Å²) in [7, 11) is 1.61. The van der Waals surface area contributed by atoms with E-state index in [0.29, 0.717) is 5.75 Å². The van der Waals surface area contributed by atoms with Crippen LogP contribution < -0.4 is 16.0 Å². The van der Waals surface area contributed by atoms with Gasteiger partial charge >= 0.3 is 0 Å². The molecule has 0 saturated heterocycles. The van der Waals surface area contributed by atoms with E-state index in [1.807, 2.05) is 36.4 Å². The van der Waals surface area contributed by atoms with Crippen LogP contribution in [0.2, 0.25) is 0 Å². The Labute approximate surface area is 94.0 Å². The quantitative estimate of drug-likeness (QED) is 0.607. The monoisotopic (exact) mass is 215 g/mol. The first kappa shape index (κ1) is 10.4. The minimum Gasteiger partial charge on any atom is -0.495 e. The Bertz CT molecular complexity index is 471. The van der Waals surface area contributed by atoms with Gasteiger partial charge in [-0.15, -0.1) is 0 Å². The summed E-state index contributed by atoms with van der Waals surface area (Å²) in [5.74, 6) is 6.13. The molecule has 3 N–H and O–H groups in total. The Hall–Kier alpha value is -2.07. The molecule has 4 nitrogen and oxygen atoms in total. The third-order valence-electron chi connectivity index (χ3n) is 2.32. The van der Waals surface area contributed by atoms with Crippen LogP contribution in [0.3, 0.4) is 0 Å². The minimum absolute atomic E-state index is 0.710. The molecule has 0 amide bonds. The minimum atomic E-state index is 0.710.